The van der Waals surface area contributed by atoms with Crippen LogP contribution in [0.3, 0.4) is 0 Å². The van der Waals surface area contributed by atoms with Gasteiger partial charge in [-0.15, -0.1) is 0 Å². The first kappa shape index (κ1) is 19.1. The highest BCUT2D eigenvalue weighted by Crippen LogP contribution is 2.69. The lowest BCUT2D eigenvalue weighted by Crippen LogP contribution is -2.67. The number of hydrogen-bond acceptors (Lipinski definition) is 5. The lowest BCUT2D eigenvalue weighted by molar-refractivity contribution is -0.242. The molecule has 0 aromatic rings. The summed E-state index contributed by atoms with van der Waals surface area (Å²) in [6.07, 6.45) is 8.72. The lowest BCUT2D eigenvalue weighted by Gasteiger charge is -2.65. The Morgan fingerprint density at radius 1 is 1.11 bits per heavy atom. The predicted octanol–water partition coefficient (Wildman–Crippen LogP) is 2.54. The van der Waals surface area contributed by atoms with E-state index in [1.54, 1.807) is 6.08 Å². The van der Waals surface area contributed by atoms with Crippen LogP contribution >= 0.6 is 0 Å². The van der Waals surface area contributed by atoms with E-state index in [-0.39, 0.29) is 23.2 Å². The van der Waals surface area contributed by atoms with Crippen LogP contribution in [0.2, 0.25) is 0 Å². The van der Waals surface area contributed by atoms with E-state index in [1.807, 2.05) is 0 Å². The van der Waals surface area contributed by atoms with Gasteiger partial charge in [0.25, 0.3) is 0 Å². The number of esters is 1. The van der Waals surface area contributed by atoms with Crippen LogP contribution in [0.4, 0.5) is 0 Å². The van der Waals surface area contributed by atoms with Gasteiger partial charge >= 0.3 is 5.97 Å². The van der Waals surface area contributed by atoms with Crippen molar-refractivity contribution in [2.75, 3.05) is 6.61 Å². The van der Waals surface area contributed by atoms with Gasteiger partial charge in [0.15, 0.2) is 0 Å². The van der Waals surface area contributed by atoms with Crippen molar-refractivity contribution in [3.05, 3.63) is 11.6 Å². The maximum atomic E-state index is 12.2. The summed E-state index contributed by atoms with van der Waals surface area (Å²) in [5.41, 5.74) is 5.93. The van der Waals surface area contributed by atoms with E-state index in [9.17, 15) is 15.0 Å². The monoisotopic (exact) mass is 389 g/mol. The molecular weight excluding hydrogens is 354 g/mol. The molecule has 4 saturated carbocycles. The first-order valence-corrected chi connectivity index (χ1v) is 11.2. The Balaban J connectivity index is 1.51. The van der Waals surface area contributed by atoms with Crippen LogP contribution in [0.1, 0.15) is 65.2 Å². The summed E-state index contributed by atoms with van der Waals surface area (Å²) in [4.78, 5) is 11.7. The van der Waals surface area contributed by atoms with E-state index >= 15 is 0 Å². The van der Waals surface area contributed by atoms with E-state index < -0.39 is 17.1 Å². The van der Waals surface area contributed by atoms with Crippen molar-refractivity contribution in [2.45, 2.75) is 83.0 Å². The van der Waals surface area contributed by atoms with E-state index in [0.717, 1.165) is 50.5 Å². The Morgan fingerprint density at radius 2 is 1.89 bits per heavy atom. The highest BCUT2D eigenvalue weighted by molar-refractivity contribution is 5.85. The zero-order valence-corrected chi connectivity index (χ0v) is 17.2. The fraction of sp³-hybridized carbons (Fsp3) is 0.870. The van der Waals surface area contributed by atoms with Crippen LogP contribution in [0.5, 0.6) is 0 Å². The SMILES string of the molecule is CC12CC[C@@H](N)CC1CCC1C2CC(O)C2(C)C(C3=CC(=O)OC3)CCC12O. The molecule has 5 rings (SSSR count). The number of hydrogen-bond donors (Lipinski definition) is 3. The number of fused-ring (bicyclic) bond motifs is 5. The molecular formula is C23H35NO4. The topological polar surface area (TPSA) is 92.8 Å². The first-order chi connectivity index (χ1) is 13.2. The first-order valence-electron chi connectivity index (χ1n) is 11.2. The van der Waals surface area contributed by atoms with Crippen LogP contribution < -0.4 is 5.73 Å². The lowest BCUT2D eigenvalue weighted by atomic mass is 9.42. The van der Waals surface area contributed by atoms with Crippen molar-refractivity contribution < 1.29 is 19.7 Å². The molecule has 0 amide bonds. The van der Waals surface area contributed by atoms with Crippen molar-refractivity contribution in [3.63, 3.8) is 0 Å². The van der Waals surface area contributed by atoms with E-state index in [1.165, 1.54) is 0 Å². The zero-order valence-electron chi connectivity index (χ0n) is 17.2. The Morgan fingerprint density at radius 3 is 2.61 bits per heavy atom. The van der Waals surface area contributed by atoms with Crippen LogP contribution in [-0.4, -0.2) is 40.5 Å². The third kappa shape index (κ3) is 2.27. The van der Waals surface area contributed by atoms with Crippen LogP contribution in [-0.2, 0) is 9.53 Å². The average molecular weight is 390 g/mol. The van der Waals surface area contributed by atoms with Gasteiger partial charge in [-0.3, -0.25) is 0 Å². The fourth-order valence-electron chi connectivity index (χ4n) is 8.42. The highest BCUT2D eigenvalue weighted by Gasteiger charge is 2.70. The molecule has 0 spiro atoms. The van der Waals surface area contributed by atoms with Gasteiger partial charge in [0, 0.05) is 17.5 Å². The second-order valence-electron chi connectivity index (χ2n) is 10.9. The molecule has 0 aromatic carbocycles. The molecule has 1 aliphatic heterocycles. The van der Waals surface area contributed by atoms with Crippen LogP contribution in [0, 0.1) is 34.5 Å². The second-order valence-corrected chi connectivity index (χ2v) is 10.9. The molecule has 4 aliphatic carbocycles. The number of rotatable bonds is 1. The Labute approximate surface area is 167 Å². The number of aliphatic hydroxyl groups excluding tert-OH is 1. The molecule has 8 unspecified atom stereocenters. The number of cyclic esters (lactones) is 1. The van der Waals surface area contributed by atoms with E-state index in [0.29, 0.717) is 30.9 Å². The van der Waals surface area contributed by atoms with Gasteiger partial charge in [-0.25, -0.2) is 4.79 Å². The second kappa shape index (κ2) is 6.05. The van der Waals surface area contributed by atoms with Gasteiger partial charge in [-0.05, 0) is 86.0 Å². The third-order valence-electron chi connectivity index (χ3n) is 10.1. The third-order valence-corrected chi connectivity index (χ3v) is 10.1. The van der Waals surface area contributed by atoms with Gasteiger partial charge in [0.05, 0.1) is 11.7 Å². The molecule has 1 heterocycles. The molecule has 0 aromatic heterocycles. The number of aliphatic hydroxyl groups is 2. The number of carbonyl (C=O) groups excluding carboxylic acids is 1. The number of nitrogens with two attached hydrogens (primary N) is 1. The van der Waals surface area contributed by atoms with Crippen LogP contribution in [0.25, 0.3) is 0 Å². The number of ether oxygens (including phenoxy) is 1. The maximum absolute atomic E-state index is 12.2. The van der Waals surface area contributed by atoms with Gasteiger partial charge in [0.1, 0.15) is 6.61 Å². The molecule has 5 heteroatoms. The largest absolute Gasteiger partial charge is 0.458 e. The standard InChI is InChI=1S/C23H35NO4/c1-21-7-5-15(24)10-14(21)3-4-17-18(21)11-19(25)22(2)16(6-8-23(17,22)27)13-9-20(26)28-12-13/h9,14-19,25,27H,3-8,10-12,24H2,1-2H3/t14?,15-,16?,17?,18?,19?,21?,22?,23?/m1/s1. The fourth-order valence-corrected chi connectivity index (χ4v) is 8.42. The molecule has 5 nitrogen and oxygen atoms in total. The Hall–Kier alpha value is -0.910. The molecule has 4 fully saturated rings. The smallest absolute Gasteiger partial charge is 0.331 e. The summed E-state index contributed by atoms with van der Waals surface area (Å²) in [5.74, 6) is 0.911. The van der Waals surface area contributed by atoms with E-state index in [2.05, 4.69) is 13.8 Å². The van der Waals surface area contributed by atoms with Crippen molar-refractivity contribution >= 4 is 5.97 Å². The number of carbonyl (C=O) groups is 1. The van der Waals surface area contributed by atoms with Crippen molar-refractivity contribution in [1.29, 1.82) is 0 Å². The zero-order chi connectivity index (χ0) is 19.9. The maximum Gasteiger partial charge on any atom is 0.331 e. The van der Waals surface area contributed by atoms with E-state index in [4.69, 9.17) is 10.5 Å². The minimum Gasteiger partial charge on any atom is -0.458 e. The minimum atomic E-state index is -0.875. The molecule has 0 radical (unpaired) electrons. The predicted molar refractivity (Wildman–Crippen MR) is 105 cm³/mol. The van der Waals surface area contributed by atoms with Gasteiger partial charge < -0.3 is 20.7 Å². The minimum absolute atomic E-state index is 0.0187. The van der Waals surface area contributed by atoms with Crippen LogP contribution in [0.15, 0.2) is 11.6 Å². The summed E-state index contributed by atoms with van der Waals surface area (Å²) in [7, 11) is 0. The molecule has 0 saturated heterocycles. The molecule has 9 atom stereocenters. The van der Waals surface area contributed by atoms with Gasteiger partial charge in [-0.2, -0.15) is 0 Å². The van der Waals surface area contributed by atoms with Gasteiger partial charge in [0.2, 0.25) is 0 Å². The average Bonchev–Trinajstić information content (AvgIpc) is 3.19. The Bertz CT molecular complexity index is 721. The quantitative estimate of drug-likeness (QED) is 0.599. The molecule has 28 heavy (non-hydrogen) atoms. The van der Waals surface area contributed by atoms with Crippen molar-refractivity contribution in [3.8, 4) is 0 Å². The van der Waals surface area contributed by atoms with Gasteiger partial charge in [-0.1, -0.05) is 13.8 Å². The van der Waals surface area contributed by atoms with Crippen molar-refractivity contribution in [2.24, 2.45) is 40.2 Å². The highest BCUT2D eigenvalue weighted by atomic mass is 16.5. The molecule has 5 aliphatic rings. The molecule has 156 valence electrons. The summed E-state index contributed by atoms with van der Waals surface area (Å²) in [5, 5.41) is 23.6. The van der Waals surface area contributed by atoms with Crippen molar-refractivity contribution in [1.82, 2.24) is 0 Å². The molecule has 0 bridgehead atoms. The normalized spacial score (nSPS) is 55.8. The summed E-state index contributed by atoms with van der Waals surface area (Å²) in [6.45, 7) is 4.78. The summed E-state index contributed by atoms with van der Waals surface area (Å²) < 4.78 is 5.17. The summed E-state index contributed by atoms with van der Waals surface area (Å²) >= 11 is 0. The Kier molecular flexibility index (Phi) is 4.12. The summed E-state index contributed by atoms with van der Waals surface area (Å²) in [6, 6.07) is 0.305. The molecule has 4 N–H and O–H groups in total.